The molecule has 3 aromatic heterocycles. The number of hydrogen-bond donors (Lipinski definition) is 1. The molecule has 0 aliphatic rings. The first-order chi connectivity index (χ1) is 16.0. The van der Waals surface area contributed by atoms with Gasteiger partial charge in [-0.3, -0.25) is 9.36 Å². The summed E-state index contributed by atoms with van der Waals surface area (Å²) < 4.78 is 3.54. The topological polar surface area (TPSA) is 77.6 Å². The fourth-order valence-corrected chi connectivity index (χ4v) is 4.09. The lowest BCUT2D eigenvalue weighted by atomic mass is 10.1. The largest absolute Gasteiger partial charge is 0.362 e. The molecular formula is C26H24N6O. The fourth-order valence-electron chi connectivity index (χ4n) is 4.09. The molecule has 0 spiro atoms. The van der Waals surface area contributed by atoms with Crippen molar-refractivity contribution < 1.29 is 0 Å². The maximum Gasteiger partial charge on any atom is 0.265 e. The normalized spacial score (nSPS) is 12.1. The average molecular weight is 437 g/mol. The summed E-state index contributed by atoms with van der Waals surface area (Å²) >= 11 is 0. The highest BCUT2D eigenvalue weighted by atomic mass is 16.1. The summed E-state index contributed by atoms with van der Waals surface area (Å²) in [5.41, 5.74) is 4.28. The maximum atomic E-state index is 14.0. The Morgan fingerprint density at radius 1 is 1.00 bits per heavy atom. The summed E-state index contributed by atoms with van der Waals surface area (Å²) in [5.74, 6) is 0.741. The molecule has 7 heteroatoms. The van der Waals surface area contributed by atoms with Gasteiger partial charge in [0.25, 0.3) is 5.56 Å². The predicted molar refractivity (Wildman–Crippen MR) is 130 cm³/mol. The van der Waals surface area contributed by atoms with Gasteiger partial charge in [0.2, 0.25) is 0 Å². The number of benzene rings is 2. The highest BCUT2D eigenvalue weighted by Crippen LogP contribution is 2.27. The molecule has 33 heavy (non-hydrogen) atoms. The minimum atomic E-state index is -0.188. The molecule has 7 nitrogen and oxygen atoms in total. The van der Waals surface area contributed by atoms with Gasteiger partial charge < -0.3 is 5.32 Å². The number of aryl methyl sites for hydroxylation is 2. The van der Waals surface area contributed by atoms with E-state index in [2.05, 4.69) is 26.4 Å². The summed E-state index contributed by atoms with van der Waals surface area (Å²) in [7, 11) is 0. The van der Waals surface area contributed by atoms with E-state index in [1.54, 1.807) is 21.6 Å². The molecule has 0 aliphatic heterocycles. The number of anilines is 1. The minimum Gasteiger partial charge on any atom is -0.362 e. The first-order valence-corrected chi connectivity index (χ1v) is 10.8. The van der Waals surface area contributed by atoms with Crippen molar-refractivity contribution >= 4 is 16.6 Å². The van der Waals surface area contributed by atoms with Gasteiger partial charge >= 0.3 is 0 Å². The van der Waals surface area contributed by atoms with Crippen molar-refractivity contribution in [3.63, 3.8) is 0 Å². The Hall–Kier alpha value is -4.26. The summed E-state index contributed by atoms with van der Waals surface area (Å²) in [6, 6.07) is 17.4. The van der Waals surface area contributed by atoms with Gasteiger partial charge in [-0.05, 0) is 56.0 Å². The molecule has 164 valence electrons. The van der Waals surface area contributed by atoms with E-state index in [0.717, 1.165) is 39.4 Å². The molecule has 1 atom stereocenters. The van der Waals surface area contributed by atoms with Crippen molar-refractivity contribution in [1.82, 2.24) is 24.3 Å². The number of fused-ring (bicyclic) bond motifs is 1. The van der Waals surface area contributed by atoms with E-state index in [4.69, 9.17) is 0 Å². The van der Waals surface area contributed by atoms with Crippen LogP contribution in [0.3, 0.4) is 0 Å². The van der Waals surface area contributed by atoms with E-state index in [9.17, 15) is 4.79 Å². The number of rotatable bonds is 5. The van der Waals surface area contributed by atoms with Gasteiger partial charge in [-0.15, -0.1) is 0 Å². The van der Waals surface area contributed by atoms with Crippen LogP contribution in [0.1, 0.15) is 29.8 Å². The molecule has 1 unspecified atom stereocenters. The number of pyridine rings is 1. The number of nitrogens with one attached hydrogen (secondary N) is 1. The van der Waals surface area contributed by atoms with Gasteiger partial charge in [0.1, 0.15) is 12.1 Å². The predicted octanol–water partition coefficient (Wildman–Crippen LogP) is 4.76. The molecule has 0 aliphatic carbocycles. The Morgan fingerprint density at radius 2 is 1.82 bits per heavy atom. The van der Waals surface area contributed by atoms with Crippen molar-refractivity contribution in [2.24, 2.45) is 0 Å². The fraction of sp³-hybridized carbons (Fsp3) is 0.154. The Kier molecular flexibility index (Phi) is 5.22. The van der Waals surface area contributed by atoms with E-state index in [-0.39, 0.29) is 11.6 Å². The van der Waals surface area contributed by atoms with Crippen LogP contribution in [0, 0.1) is 13.8 Å². The summed E-state index contributed by atoms with van der Waals surface area (Å²) in [5, 5.41) is 9.38. The molecule has 5 aromatic rings. The summed E-state index contributed by atoms with van der Waals surface area (Å²) in [6.07, 6.45) is 7.01. The number of aromatic nitrogens is 5. The highest BCUT2D eigenvalue weighted by molar-refractivity contribution is 5.90. The van der Waals surface area contributed by atoms with Crippen LogP contribution in [-0.4, -0.2) is 24.3 Å². The van der Waals surface area contributed by atoms with Gasteiger partial charge in [0.05, 0.1) is 23.3 Å². The number of para-hydroxylation sites is 1. The zero-order valence-corrected chi connectivity index (χ0v) is 18.7. The summed E-state index contributed by atoms with van der Waals surface area (Å²) in [6.45, 7) is 5.97. The monoisotopic (exact) mass is 436 g/mol. The Balaban J connectivity index is 1.76. The molecule has 0 bridgehead atoms. The molecule has 3 heterocycles. The Bertz CT molecular complexity index is 1500. The van der Waals surface area contributed by atoms with Crippen molar-refractivity contribution in [3.05, 3.63) is 107 Å². The van der Waals surface area contributed by atoms with Gasteiger partial charge in [-0.1, -0.05) is 30.3 Å². The summed E-state index contributed by atoms with van der Waals surface area (Å²) in [4.78, 5) is 22.5. The molecule has 0 saturated carbocycles. The van der Waals surface area contributed by atoms with E-state index in [0.29, 0.717) is 5.39 Å². The maximum absolute atomic E-state index is 14.0. The highest BCUT2D eigenvalue weighted by Gasteiger charge is 2.19. The Labute approximate surface area is 191 Å². The van der Waals surface area contributed by atoms with Crippen molar-refractivity contribution in [2.45, 2.75) is 26.8 Å². The lowest BCUT2D eigenvalue weighted by Crippen LogP contribution is -2.26. The smallest absolute Gasteiger partial charge is 0.265 e. The molecule has 0 amide bonds. The molecule has 0 radical (unpaired) electrons. The molecule has 0 saturated heterocycles. The van der Waals surface area contributed by atoms with Crippen molar-refractivity contribution in [3.8, 4) is 11.4 Å². The Morgan fingerprint density at radius 3 is 2.55 bits per heavy atom. The van der Waals surface area contributed by atoms with E-state index in [1.807, 2.05) is 75.5 Å². The van der Waals surface area contributed by atoms with Crippen LogP contribution in [-0.2, 0) is 0 Å². The second-order valence-electron chi connectivity index (χ2n) is 8.17. The van der Waals surface area contributed by atoms with Crippen LogP contribution >= 0.6 is 0 Å². The van der Waals surface area contributed by atoms with E-state index >= 15 is 0 Å². The van der Waals surface area contributed by atoms with Crippen LogP contribution in [0.15, 0.2) is 84.3 Å². The minimum absolute atomic E-state index is 0.0921. The first-order valence-electron chi connectivity index (χ1n) is 10.8. The van der Waals surface area contributed by atoms with Gasteiger partial charge in [0.15, 0.2) is 0 Å². The van der Waals surface area contributed by atoms with Crippen LogP contribution in [0.25, 0.3) is 22.1 Å². The third-order valence-corrected chi connectivity index (χ3v) is 5.72. The van der Waals surface area contributed by atoms with Gasteiger partial charge in [0, 0.05) is 29.3 Å². The zero-order valence-electron chi connectivity index (χ0n) is 18.7. The van der Waals surface area contributed by atoms with Crippen LogP contribution in [0.2, 0.25) is 0 Å². The van der Waals surface area contributed by atoms with Gasteiger partial charge in [-0.25, -0.2) is 14.6 Å². The zero-order chi connectivity index (χ0) is 22.9. The lowest BCUT2D eigenvalue weighted by Gasteiger charge is -2.22. The SMILES string of the molecule is Cc1cnn(-c2cccc3cc(C(C)Nc4ncncc4C)n(-c4ccccc4)c(=O)c23)c1. The second-order valence-corrected chi connectivity index (χ2v) is 8.17. The lowest BCUT2D eigenvalue weighted by molar-refractivity contribution is 0.770. The molecule has 1 N–H and O–H groups in total. The van der Waals surface area contributed by atoms with Crippen LogP contribution < -0.4 is 10.9 Å². The third-order valence-electron chi connectivity index (χ3n) is 5.72. The quantitative estimate of drug-likeness (QED) is 0.430. The molecule has 2 aromatic carbocycles. The third kappa shape index (κ3) is 3.78. The van der Waals surface area contributed by atoms with Crippen LogP contribution in [0.5, 0.6) is 0 Å². The first kappa shape index (κ1) is 20.6. The standard InChI is InChI=1S/C26H24N6O/c1-17-13-29-31(15-17)22-11-7-8-20-12-23(19(3)30-25-18(2)14-27-16-28-25)32(26(33)24(20)22)21-9-5-4-6-10-21/h4-16,19H,1-3H3,(H,27,28,30). The van der Waals surface area contributed by atoms with Crippen LogP contribution in [0.4, 0.5) is 5.82 Å². The van der Waals surface area contributed by atoms with Crippen molar-refractivity contribution in [1.29, 1.82) is 0 Å². The van der Waals surface area contributed by atoms with E-state index < -0.39 is 0 Å². The second kappa shape index (κ2) is 8.35. The molecular weight excluding hydrogens is 412 g/mol. The van der Waals surface area contributed by atoms with E-state index in [1.165, 1.54) is 6.33 Å². The average Bonchev–Trinajstić information content (AvgIpc) is 3.26. The van der Waals surface area contributed by atoms with Gasteiger partial charge in [-0.2, -0.15) is 5.10 Å². The molecule has 0 fully saturated rings. The van der Waals surface area contributed by atoms with Crippen molar-refractivity contribution in [2.75, 3.05) is 5.32 Å². The number of hydrogen-bond acceptors (Lipinski definition) is 5. The molecule has 5 rings (SSSR count). The number of nitrogens with zero attached hydrogens (tertiary/aromatic N) is 5.